The maximum absolute atomic E-state index is 13.9. The normalized spacial score (nSPS) is 14.9. The van der Waals surface area contributed by atoms with Crippen molar-refractivity contribution in [2.75, 3.05) is 20.6 Å². The Morgan fingerprint density at radius 2 is 1.29 bits per heavy atom. The topological polar surface area (TPSA) is 232 Å². The van der Waals surface area contributed by atoms with E-state index >= 15 is 0 Å². The fourth-order valence-electron chi connectivity index (χ4n) is 5.22. The summed E-state index contributed by atoms with van der Waals surface area (Å²) in [5.74, 6) is -7.47. The van der Waals surface area contributed by atoms with E-state index in [1.807, 2.05) is 13.0 Å². The molecule has 1 aromatic rings. The Balaban J connectivity index is 3.25. The summed E-state index contributed by atoms with van der Waals surface area (Å²) in [4.78, 5) is 81.0. The Bertz CT molecular complexity index is 1360. The van der Waals surface area contributed by atoms with Crippen molar-refractivity contribution in [3.8, 4) is 0 Å². The fourth-order valence-corrected chi connectivity index (χ4v) is 5.22. The van der Waals surface area contributed by atoms with Crippen LogP contribution in [-0.4, -0.2) is 101 Å². The van der Waals surface area contributed by atoms with Gasteiger partial charge in [0, 0.05) is 20.5 Å². The van der Waals surface area contributed by atoms with Crippen LogP contribution in [-0.2, 0) is 28.8 Å². The van der Waals surface area contributed by atoms with Gasteiger partial charge in [-0.05, 0) is 49.1 Å². The lowest BCUT2D eigenvalue weighted by molar-refractivity contribution is -0.195. The summed E-state index contributed by atoms with van der Waals surface area (Å²) in [5.41, 5.74) is 4.63. The molecule has 0 aliphatic rings. The monoisotopic (exact) mass is 733 g/mol. The quantitative estimate of drug-likeness (QED) is 0.0747. The van der Waals surface area contributed by atoms with Crippen molar-refractivity contribution in [2.45, 2.75) is 130 Å². The highest BCUT2D eigenvalue weighted by Gasteiger charge is 2.44. The van der Waals surface area contributed by atoms with Gasteiger partial charge >= 0.3 is 0 Å². The van der Waals surface area contributed by atoms with Crippen LogP contribution in [0, 0.1) is 10.8 Å². The Labute approximate surface area is 308 Å². The van der Waals surface area contributed by atoms with E-state index in [9.17, 15) is 39.0 Å². The number of nitrogens with two attached hydrogens (primary N) is 1. The van der Waals surface area contributed by atoms with Crippen molar-refractivity contribution in [1.82, 2.24) is 31.5 Å². The molecule has 5 atom stereocenters. The molecule has 9 N–H and O–H groups in total. The van der Waals surface area contributed by atoms with Crippen LogP contribution in [0.25, 0.3) is 0 Å². The SMILES string of the molecule is CC[C@@H](NC(=O)C(O)(O)[C@H](C)NC(=O)[C@H](CC(=O)N(C)C)NC(=O)[C@@H](NC(=O)[C@@H](NC(=O)CCCCCN)C(C)(C)C)C(C)(C)C)c1ccccc1. The second-order valence-electron chi connectivity index (χ2n) is 15.6. The third kappa shape index (κ3) is 14.5. The van der Waals surface area contributed by atoms with E-state index in [1.165, 1.54) is 25.9 Å². The first-order valence-corrected chi connectivity index (χ1v) is 17.9. The van der Waals surface area contributed by atoms with E-state index in [2.05, 4.69) is 26.6 Å². The second-order valence-corrected chi connectivity index (χ2v) is 15.6. The molecule has 294 valence electrons. The molecule has 0 spiro atoms. The van der Waals surface area contributed by atoms with E-state index in [1.54, 1.807) is 65.8 Å². The van der Waals surface area contributed by atoms with Crippen LogP contribution in [0.4, 0.5) is 0 Å². The molecule has 0 saturated carbocycles. The molecule has 52 heavy (non-hydrogen) atoms. The first kappa shape index (κ1) is 45.9. The molecule has 15 nitrogen and oxygen atoms in total. The highest BCUT2D eigenvalue weighted by molar-refractivity contribution is 5.96. The maximum atomic E-state index is 13.9. The molecule has 0 bridgehead atoms. The maximum Gasteiger partial charge on any atom is 0.282 e. The molecule has 15 heteroatoms. The molecule has 0 heterocycles. The zero-order valence-corrected chi connectivity index (χ0v) is 32.6. The number of aliphatic hydroxyl groups is 2. The van der Waals surface area contributed by atoms with Gasteiger partial charge in [0.05, 0.1) is 18.5 Å². The highest BCUT2D eigenvalue weighted by Crippen LogP contribution is 2.24. The van der Waals surface area contributed by atoms with E-state index in [-0.39, 0.29) is 12.3 Å². The van der Waals surface area contributed by atoms with Crippen molar-refractivity contribution in [2.24, 2.45) is 16.6 Å². The van der Waals surface area contributed by atoms with E-state index in [4.69, 9.17) is 5.73 Å². The van der Waals surface area contributed by atoms with Crippen molar-refractivity contribution < 1.29 is 39.0 Å². The number of nitrogens with one attached hydrogen (secondary N) is 5. The van der Waals surface area contributed by atoms with E-state index in [0.717, 1.165) is 18.4 Å². The minimum Gasteiger partial charge on any atom is -0.357 e. The van der Waals surface area contributed by atoms with Gasteiger partial charge in [0.15, 0.2) is 0 Å². The molecule has 1 aromatic carbocycles. The van der Waals surface area contributed by atoms with Crippen LogP contribution in [0.3, 0.4) is 0 Å². The molecular weight excluding hydrogens is 670 g/mol. The van der Waals surface area contributed by atoms with Gasteiger partial charge in [0.25, 0.3) is 11.7 Å². The zero-order valence-electron chi connectivity index (χ0n) is 32.6. The average molecular weight is 734 g/mol. The van der Waals surface area contributed by atoms with E-state index in [0.29, 0.717) is 19.4 Å². The van der Waals surface area contributed by atoms with Gasteiger partial charge in [-0.25, -0.2) is 0 Å². The Hall–Kier alpha value is -4.08. The van der Waals surface area contributed by atoms with Crippen molar-refractivity contribution in [3.63, 3.8) is 0 Å². The number of hydrogen-bond donors (Lipinski definition) is 8. The van der Waals surface area contributed by atoms with Crippen LogP contribution < -0.4 is 32.3 Å². The fraction of sp³-hybridized carbons (Fsp3) is 0.676. The lowest BCUT2D eigenvalue weighted by Gasteiger charge is -2.36. The van der Waals surface area contributed by atoms with Crippen molar-refractivity contribution in [3.05, 3.63) is 35.9 Å². The third-order valence-corrected chi connectivity index (χ3v) is 8.68. The average Bonchev–Trinajstić information content (AvgIpc) is 3.05. The summed E-state index contributed by atoms with van der Waals surface area (Å²) in [6.45, 7) is 14.0. The Kier molecular flexibility index (Phi) is 17.9. The molecule has 0 aliphatic carbocycles. The largest absolute Gasteiger partial charge is 0.357 e. The van der Waals surface area contributed by atoms with Crippen molar-refractivity contribution in [1.29, 1.82) is 0 Å². The Morgan fingerprint density at radius 3 is 1.79 bits per heavy atom. The minimum absolute atomic E-state index is 0.203. The molecule has 0 saturated heterocycles. The number of hydrogen-bond acceptors (Lipinski definition) is 9. The Morgan fingerprint density at radius 1 is 0.750 bits per heavy atom. The summed E-state index contributed by atoms with van der Waals surface area (Å²) in [7, 11) is 2.93. The van der Waals surface area contributed by atoms with Crippen LogP contribution in [0.5, 0.6) is 0 Å². The predicted octanol–water partition coefficient (Wildman–Crippen LogP) is 0.984. The molecule has 1 rings (SSSR count). The summed E-state index contributed by atoms with van der Waals surface area (Å²) in [6.07, 6.45) is 2.28. The molecule has 0 aliphatic heterocycles. The first-order chi connectivity index (χ1) is 24.0. The molecule has 0 aromatic heterocycles. The van der Waals surface area contributed by atoms with Gasteiger partial charge in [-0.1, -0.05) is 85.2 Å². The predicted molar refractivity (Wildman–Crippen MR) is 198 cm³/mol. The summed E-state index contributed by atoms with van der Waals surface area (Å²) in [6, 6.07) is 3.02. The van der Waals surface area contributed by atoms with Crippen LogP contribution in [0.15, 0.2) is 30.3 Å². The number of rotatable bonds is 19. The highest BCUT2D eigenvalue weighted by atomic mass is 16.5. The van der Waals surface area contributed by atoms with Gasteiger partial charge < -0.3 is 47.4 Å². The van der Waals surface area contributed by atoms with Crippen LogP contribution in [0.2, 0.25) is 0 Å². The number of carbonyl (C=O) groups excluding carboxylic acids is 6. The van der Waals surface area contributed by atoms with Gasteiger partial charge in [0.1, 0.15) is 18.1 Å². The van der Waals surface area contributed by atoms with Gasteiger partial charge in [0.2, 0.25) is 29.5 Å². The summed E-state index contributed by atoms with van der Waals surface area (Å²) >= 11 is 0. The lowest BCUT2D eigenvalue weighted by atomic mass is 9.83. The standard InChI is InChI=1S/C37H63N7O8/c1-11-25(24-18-14-12-15-19-24)41-34(50)37(51,52)23(2)39-31(47)26(22-28(46)44(9)10)40-32(48)30(36(6,7)8)43-33(49)29(35(3,4)5)42-27(45)20-16-13-17-21-38/h12,14-15,18-19,23,25-26,29-30,51-52H,11,13,16-17,20-22,38H2,1-10H3,(H,39,47)(H,40,48)(H,41,50)(H,42,45)(H,43,49)/t23-,25+,26-,29+,30+/m0/s1. The molecule has 0 fully saturated rings. The molecule has 6 amide bonds. The smallest absolute Gasteiger partial charge is 0.282 e. The lowest BCUT2D eigenvalue weighted by Crippen LogP contribution is -2.64. The van der Waals surface area contributed by atoms with Gasteiger partial charge in [-0.2, -0.15) is 0 Å². The number of benzene rings is 1. The first-order valence-electron chi connectivity index (χ1n) is 17.9. The number of unbranched alkanes of at least 4 members (excludes halogenated alkanes) is 2. The second kappa shape index (κ2) is 20.2. The minimum atomic E-state index is -3.07. The number of amides is 6. The summed E-state index contributed by atoms with van der Waals surface area (Å²) < 4.78 is 0. The van der Waals surface area contributed by atoms with Crippen LogP contribution in [0.1, 0.15) is 106 Å². The molecule has 0 unspecified atom stereocenters. The number of carbonyl (C=O) groups is 6. The van der Waals surface area contributed by atoms with E-state index < -0.39 is 82.8 Å². The molecule has 0 radical (unpaired) electrons. The van der Waals surface area contributed by atoms with Gasteiger partial charge in [-0.15, -0.1) is 0 Å². The van der Waals surface area contributed by atoms with Crippen LogP contribution >= 0.6 is 0 Å². The van der Waals surface area contributed by atoms with Gasteiger partial charge in [-0.3, -0.25) is 28.8 Å². The zero-order chi connectivity index (χ0) is 40.0. The summed E-state index contributed by atoms with van der Waals surface area (Å²) in [5, 5.41) is 34.7. The number of nitrogens with zero attached hydrogens (tertiary/aromatic N) is 1. The molecular formula is C37H63N7O8. The third-order valence-electron chi connectivity index (χ3n) is 8.68. The van der Waals surface area contributed by atoms with Crippen molar-refractivity contribution >= 4 is 35.4 Å².